The van der Waals surface area contributed by atoms with Crippen LogP contribution in [0.1, 0.15) is 11.1 Å². The second kappa shape index (κ2) is 4.87. The van der Waals surface area contributed by atoms with Gasteiger partial charge in [-0.05, 0) is 37.1 Å². The van der Waals surface area contributed by atoms with Crippen molar-refractivity contribution >= 4 is 5.69 Å². The van der Waals surface area contributed by atoms with E-state index in [1.165, 1.54) is 0 Å². The first kappa shape index (κ1) is 12.7. The Morgan fingerprint density at radius 3 is 2.39 bits per heavy atom. The van der Waals surface area contributed by atoms with Crippen LogP contribution in [0.2, 0.25) is 0 Å². The molecule has 96 valence electrons. The second-order valence-electron chi connectivity index (χ2n) is 4.88. The van der Waals surface area contributed by atoms with E-state index in [1.807, 2.05) is 26.0 Å². The molecule has 4 heteroatoms. The average molecular weight is 246 g/mol. The Labute approximate surface area is 108 Å². The van der Waals surface area contributed by atoms with Gasteiger partial charge in [0.25, 0.3) is 0 Å². The second-order valence-corrected chi connectivity index (χ2v) is 4.88. The van der Waals surface area contributed by atoms with E-state index < -0.39 is 0 Å². The van der Waals surface area contributed by atoms with Crippen LogP contribution in [0.4, 0.5) is 5.69 Å². The number of rotatable bonds is 4. The summed E-state index contributed by atoms with van der Waals surface area (Å²) in [5, 5.41) is 12.4. The third-order valence-corrected chi connectivity index (χ3v) is 3.29. The zero-order valence-corrected chi connectivity index (χ0v) is 11.0. The van der Waals surface area contributed by atoms with Crippen molar-refractivity contribution in [3.63, 3.8) is 0 Å². The first-order valence-corrected chi connectivity index (χ1v) is 5.98. The Morgan fingerprint density at radius 2 is 2.00 bits per heavy atom. The van der Waals surface area contributed by atoms with E-state index in [0.29, 0.717) is 19.8 Å². The van der Waals surface area contributed by atoms with Gasteiger partial charge in [-0.1, -0.05) is 0 Å². The average Bonchev–Trinajstić information content (AvgIpc) is 2.28. The number of aryl methyl sites for hydroxylation is 2. The van der Waals surface area contributed by atoms with Crippen LogP contribution < -0.4 is 10.1 Å². The van der Waals surface area contributed by atoms with E-state index in [0.717, 1.165) is 22.6 Å². The maximum absolute atomic E-state index is 9.12. The van der Waals surface area contributed by atoms with Crippen LogP contribution in [-0.4, -0.2) is 26.9 Å². The lowest BCUT2D eigenvalue weighted by atomic mass is 9.88. The van der Waals surface area contributed by atoms with Gasteiger partial charge in [-0.15, -0.1) is 0 Å². The number of hydrogen-bond acceptors (Lipinski definition) is 4. The number of ether oxygens (including phenoxy) is 2. The van der Waals surface area contributed by atoms with Crippen LogP contribution >= 0.6 is 0 Å². The van der Waals surface area contributed by atoms with Gasteiger partial charge in [-0.25, -0.2) is 0 Å². The fourth-order valence-corrected chi connectivity index (χ4v) is 2.20. The summed E-state index contributed by atoms with van der Waals surface area (Å²) in [6, 6.07) is 6.40. The predicted molar refractivity (Wildman–Crippen MR) is 69.8 cm³/mol. The summed E-state index contributed by atoms with van der Waals surface area (Å²) in [5.41, 5.74) is 2.85. The first-order chi connectivity index (χ1) is 8.60. The van der Waals surface area contributed by atoms with Crippen molar-refractivity contribution in [1.29, 1.82) is 5.26 Å². The van der Waals surface area contributed by atoms with E-state index in [4.69, 9.17) is 14.7 Å². The van der Waals surface area contributed by atoms with E-state index in [9.17, 15) is 0 Å². The SMILES string of the molecule is COc1c(C)cc(NCC2(C#N)COC2)cc1C. The highest BCUT2D eigenvalue weighted by Gasteiger charge is 2.38. The van der Waals surface area contributed by atoms with Gasteiger partial charge >= 0.3 is 0 Å². The van der Waals surface area contributed by atoms with Crippen LogP contribution in [0.25, 0.3) is 0 Å². The summed E-state index contributed by atoms with van der Waals surface area (Å²) in [7, 11) is 1.68. The molecule has 1 saturated heterocycles. The van der Waals surface area contributed by atoms with Gasteiger partial charge in [0, 0.05) is 12.2 Å². The number of nitrogens with one attached hydrogen (secondary N) is 1. The Morgan fingerprint density at radius 1 is 1.39 bits per heavy atom. The molecule has 1 N–H and O–H groups in total. The summed E-state index contributed by atoms with van der Waals surface area (Å²) in [5.74, 6) is 0.919. The third-order valence-electron chi connectivity index (χ3n) is 3.29. The summed E-state index contributed by atoms with van der Waals surface area (Å²) < 4.78 is 10.4. The Bertz CT molecular complexity index is 464. The molecule has 0 aliphatic carbocycles. The highest BCUT2D eigenvalue weighted by atomic mass is 16.5. The van der Waals surface area contributed by atoms with E-state index in [1.54, 1.807) is 7.11 Å². The fraction of sp³-hybridized carbons (Fsp3) is 0.500. The van der Waals surface area contributed by atoms with Crippen LogP contribution in [0, 0.1) is 30.6 Å². The van der Waals surface area contributed by atoms with Gasteiger partial charge < -0.3 is 14.8 Å². The largest absolute Gasteiger partial charge is 0.496 e. The van der Waals surface area contributed by atoms with Crippen molar-refractivity contribution in [3.05, 3.63) is 23.3 Å². The highest BCUT2D eigenvalue weighted by Crippen LogP contribution is 2.30. The van der Waals surface area contributed by atoms with E-state index >= 15 is 0 Å². The summed E-state index contributed by atoms with van der Waals surface area (Å²) >= 11 is 0. The molecular weight excluding hydrogens is 228 g/mol. The number of anilines is 1. The first-order valence-electron chi connectivity index (χ1n) is 5.98. The smallest absolute Gasteiger partial charge is 0.124 e. The van der Waals surface area contributed by atoms with Crippen molar-refractivity contribution in [2.45, 2.75) is 13.8 Å². The molecule has 0 atom stereocenters. The lowest BCUT2D eigenvalue weighted by Crippen LogP contribution is -2.46. The van der Waals surface area contributed by atoms with Crippen molar-refractivity contribution in [1.82, 2.24) is 0 Å². The van der Waals surface area contributed by atoms with Crippen molar-refractivity contribution in [3.8, 4) is 11.8 Å². The molecule has 1 heterocycles. The molecule has 1 aromatic rings. The van der Waals surface area contributed by atoms with Crippen molar-refractivity contribution in [2.75, 3.05) is 32.2 Å². The zero-order chi connectivity index (χ0) is 13.2. The molecule has 4 nitrogen and oxygen atoms in total. The summed E-state index contributed by atoms with van der Waals surface area (Å²) in [4.78, 5) is 0. The topological polar surface area (TPSA) is 54.3 Å². The standard InChI is InChI=1S/C14H18N2O2/c1-10-4-12(5-11(2)13(10)17-3)16-7-14(6-15)8-18-9-14/h4-5,16H,7-9H2,1-3H3. The molecule has 1 aromatic carbocycles. The molecule has 0 bridgehead atoms. The number of nitriles is 1. The highest BCUT2D eigenvalue weighted by molar-refractivity contribution is 5.55. The van der Waals surface area contributed by atoms with Crippen molar-refractivity contribution < 1.29 is 9.47 Å². The lowest BCUT2D eigenvalue weighted by Gasteiger charge is -2.35. The quantitative estimate of drug-likeness (QED) is 0.885. The Kier molecular flexibility index (Phi) is 3.44. The van der Waals surface area contributed by atoms with Gasteiger partial charge in [0.2, 0.25) is 0 Å². The maximum atomic E-state index is 9.12. The molecule has 0 amide bonds. The van der Waals surface area contributed by atoms with E-state index in [-0.39, 0.29) is 5.41 Å². The lowest BCUT2D eigenvalue weighted by molar-refractivity contribution is -0.0690. The van der Waals surface area contributed by atoms with E-state index in [2.05, 4.69) is 11.4 Å². The molecule has 1 aliphatic heterocycles. The van der Waals surface area contributed by atoms with Gasteiger partial charge in [-0.2, -0.15) is 5.26 Å². The molecule has 0 spiro atoms. The minimum absolute atomic E-state index is 0.359. The molecule has 0 saturated carbocycles. The molecule has 0 aromatic heterocycles. The number of methoxy groups -OCH3 is 1. The Balaban J connectivity index is 2.09. The molecule has 2 rings (SSSR count). The van der Waals surface area contributed by atoms with Gasteiger partial charge in [0.05, 0.1) is 26.4 Å². The molecule has 1 fully saturated rings. The predicted octanol–water partition coefficient (Wildman–Crippen LogP) is 2.26. The van der Waals surface area contributed by atoms with Gasteiger partial charge in [0.1, 0.15) is 11.2 Å². The van der Waals surface area contributed by atoms with Crippen molar-refractivity contribution in [2.24, 2.45) is 5.41 Å². The molecule has 1 aliphatic rings. The third kappa shape index (κ3) is 2.27. The minimum Gasteiger partial charge on any atom is -0.496 e. The molecule has 0 unspecified atom stereocenters. The van der Waals surface area contributed by atoms with Gasteiger partial charge in [-0.3, -0.25) is 0 Å². The summed E-state index contributed by atoms with van der Waals surface area (Å²) in [6.45, 7) is 5.69. The number of benzene rings is 1. The Hall–Kier alpha value is -1.73. The van der Waals surface area contributed by atoms with Crippen LogP contribution in [0.5, 0.6) is 5.75 Å². The molecule has 0 radical (unpaired) electrons. The number of nitrogens with zero attached hydrogens (tertiary/aromatic N) is 1. The zero-order valence-electron chi connectivity index (χ0n) is 11.0. The molecular formula is C14H18N2O2. The van der Waals surface area contributed by atoms with Crippen LogP contribution in [-0.2, 0) is 4.74 Å². The minimum atomic E-state index is -0.359. The fourth-order valence-electron chi connectivity index (χ4n) is 2.20. The number of hydrogen-bond donors (Lipinski definition) is 1. The maximum Gasteiger partial charge on any atom is 0.124 e. The normalized spacial score (nSPS) is 16.6. The van der Waals surface area contributed by atoms with Gasteiger partial charge in [0.15, 0.2) is 0 Å². The monoisotopic (exact) mass is 246 g/mol. The molecule has 18 heavy (non-hydrogen) atoms. The van der Waals surface area contributed by atoms with Crippen LogP contribution in [0.15, 0.2) is 12.1 Å². The van der Waals surface area contributed by atoms with Crippen LogP contribution in [0.3, 0.4) is 0 Å². The summed E-state index contributed by atoms with van der Waals surface area (Å²) in [6.07, 6.45) is 0.